The predicted molar refractivity (Wildman–Crippen MR) is 91.2 cm³/mol. The lowest BCUT2D eigenvalue weighted by Crippen LogP contribution is -2.37. The molecule has 1 aliphatic rings. The first-order valence-electron chi connectivity index (χ1n) is 8.04. The number of rotatable bonds is 3. The number of nitrogens with one attached hydrogen (secondary N) is 1. The molecule has 6 nitrogen and oxygen atoms in total. The third-order valence-electron chi connectivity index (χ3n) is 4.44. The van der Waals surface area contributed by atoms with Crippen LogP contribution in [0, 0.1) is 5.92 Å². The number of nitrogen functional groups attached to an aromatic ring is 1. The van der Waals surface area contributed by atoms with Crippen molar-refractivity contribution in [1.29, 1.82) is 0 Å². The number of fused-ring (bicyclic) bond motifs is 1. The smallest absolute Gasteiger partial charge is 0.134 e. The minimum absolute atomic E-state index is 0.523. The van der Waals surface area contributed by atoms with Crippen LogP contribution in [0.4, 0.5) is 11.6 Å². The van der Waals surface area contributed by atoms with Gasteiger partial charge in [-0.2, -0.15) is 0 Å². The molecule has 23 heavy (non-hydrogen) atoms. The van der Waals surface area contributed by atoms with Crippen molar-refractivity contribution in [3.05, 3.63) is 42.5 Å². The molecule has 0 spiro atoms. The van der Waals surface area contributed by atoms with Gasteiger partial charge in [0.15, 0.2) is 0 Å². The van der Waals surface area contributed by atoms with E-state index >= 15 is 0 Å². The minimum Gasteiger partial charge on any atom is -0.384 e. The van der Waals surface area contributed by atoms with Gasteiger partial charge in [0.25, 0.3) is 0 Å². The van der Waals surface area contributed by atoms with Crippen molar-refractivity contribution in [2.45, 2.75) is 19.3 Å². The van der Waals surface area contributed by atoms with Crippen molar-refractivity contribution in [3.8, 4) is 0 Å². The molecule has 1 fully saturated rings. The van der Waals surface area contributed by atoms with E-state index in [4.69, 9.17) is 10.7 Å². The Balaban J connectivity index is 1.49. The van der Waals surface area contributed by atoms with E-state index in [1.54, 1.807) is 0 Å². The standard InChI is InChI=1S/C17H20N6/c18-15-9-17(20-11-19-15)23-7-3-4-12(10-23)8-16-21-13-5-1-2-6-14(13)22-16/h1-2,5-6,9,11-12H,3-4,7-8,10H2,(H,21,22)(H2,18,19,20)/t12-/m1/s1. The fourth-order valence-electron chi connectivity index (χ4n) is 3.35. The molecule has 3 heterocycles. The Labute approximate surface area is 134 Å². The molecule has 3 N–H and O–H groups in total. The van der Waals surface area contributed by atoms with Crippen LogP contribution < -0.4 is 10.6 Å². The second-order valence-electron chi connectivity index (χ2n) is 6.16. The van der Waals surface area contributed by atoms with E-state index in [2.05, 4.69) is 25.9 Å². The fourth-order valence-corrected chi connectivity index (χ4v) is 3.35. The molecule has 0 bridgehead atoms. The molecule has 1 saturated heterocycles. The third kappa shape index (κ3) is 2.97. The largest absolute Gasteiger partial charge is 0.384 e. The molecule has 2 aromatic heterocycles. The van der Waals surface area contributed by atoms with Crippen molar-refractivity contribution in [3.63, 3.8) is 0 Å². The van der Waals surface area contributed by atoms with Gasteiger partial charge in [-0.25, -0.2) is 15.0 Å². The van der Waals surface area contributed by atoms with Gasteiger partial charge in [-0.3, -0.25) is 0 Å². The number of piperidine rings is 1. The van der Waals surface area contributed by atoms with Gasteiger partial charge in [0.1, 0.15) is 23.8 Å². The second kappa shape index (κ2) is 5.87. The van der Waals surface area contributed by atoms with Crippen molar-refractivity contribution in [2.24, 2.45) is 5.92 Å². The molecular weight excluding hydrogens is 288 g/mol. The zero-order valence-corrected chi connectivity index (χ0v) is 12.9. The van der Waals surface area contributed by atoms with E-state index in [1.807, 2.05) is 24.3 Å². The summed E-state index contributed by atoms with van der Waals surface area (Å²) in [5, 5.41) is 0. The van der Waals surface area contributed by atoms with Crippen molar-refractivity contribution in [2.75, 3.05) is 23.7 Å². The Morgan fingerprint density at radius 3 is 3.04 bits per heavy atom. The molecular formula is C17H20N6. The summed E-state index contributed by atoms with van der Waals surface area (Å²) in [5.41, 5.74) is 7.92. The van der Waals surface area contributed by atoms with Gasteiger partial charge in [0.2, 0.25) is 0 Å². The maximum Gasteiger partial charge on any atom is 0.134 e. The zero-order valence-electron chi connectivity index (χ0n) is 12.9. The van der Waals surface area contributed by atoms with Gasteiger partial charge in [-0.05, 0) is 30.9 Å². The molecule has 1 aromatic carbocycles. The summed E-state index contributed by atoms with van der Waals surface area (Å²) in [7, 11) is 0. The highest BCUT2D eigenvalue weighted by atomic mass is 15.2. The Morgan fingerprint density at radius 2 is 2.17 bits per heavy atom. The molecule has 118 valence electrons. The van der Waals surface area contributed by atoms with E-state index in [0.29, 0.717) is 11.7 Å². The summed E-state index contributed by atoms with van der Waals surface area (Å²) in [6.07, 6.45) is 4.88. The quantitative estimate of drug-likeness (QED) is 0.776. The van der Waals surface area contributed by atoms with Crippen LogP contribution in [-0.4, -0.2) is 33.0 Å². The Kier molecular flexibility index (Phi) is 3.57. The molecule has 3 aromatic rings. The molecule has 0 amide bonds. The highest BCUT2D eigenvalue weighted by molar-refractivity contribution is 5.74. The number of imidazole rings is 1. The van der Waals surface area contributed by atoms with E-state index in [9.17, 15) is 0 Å². The zero-order chi connectivity index (χ0) is 15.6. The third-order valence-corrected chi connectivity index (χ3v) is 4.44. The van der Waals surface area contributed by atoms with Crippen LogP contribution in [0.1, 0.15) is 18.7 Å². The molecule has 0 unspecified atom stereocenters. The first kappa shape index (κ1) is 14.0. The predicted octanol–water partition coefficient (Wildman–Crippen LogP) is 2.39. The summed E-state index contributed by atoms with van der Waals surface area (Å²) in [6.45, 7) is 2.00. The highest BCUT2D eigenvalue weighted by Gasteiger charge is 2.22. The number of nitrogens with two attached hydrogens (primary N) is 1. The first-order valence-corrected chi connectivity index (χ1v) is 8.04. The number of H-pyrrole nitrogens is 1. The maximum atomic E-state index is 5.77. The molecule has 6 heteroatoms. The molecule has 1 atom stereocenters. The van der Waals surface area contributed by atoms with Crippen LogP contribution in [0.15, 0.2) is 36.7 Å². The molecule has 0 radical (unpaired) electrons. The number of benzene rings is 1. The van der Waals surface area contributed by atoms with Gasteiger partial charge in [0.05, 0.1) is 11.0 Å². The minimum atomic E-state index is 0.523. The summed E-state index contributed by atoms with van der Waals surface area (Å²) in [4.78, 5) is 18.8. The highest BCUT2D eigenvalue weighted by Crippen LogP contribution is 2.24. The summed E-state index contributed by atoms with van der Waals surface area (Å²) in [6, 6.07) is 10.0. The fraction of sp³-hybridized carbons (Fsp3) is 0.353. The van der Waals surface area contributed by atoms with Crippen LogP contribution in [0.5, 0.6) is 0 Å². The Bertz CT molecular complexity index is 778. The van der Waals surface area contributed by atoms with Crippen LogP contribution >= 0.6 is 0 Å². The topological polar surface area (TPSA) is 83.7 Å². The van der Waals surface area contributed by atoms with Crippen LogP contribution in [-0.2, 0) is 6.42 Å². The summed E-state index contributed by atoms with van der Waals surface area (Å²) in [5.74, 6) is 3.09. The van der Waals surface area contributed by atoms with Gasteiger partial charge < -0.3 is 15.6 Å². The molecule has 4 rings (SSSR count). The van der Waals surface area contributed by atoms with Gasteiger partial charge in [-0.15, -0.1) is 0 Å². The average Bonchev–Trinajstić information content (AvgIpc) is 2.97. The molecule has 0 saturated carbocycles. The number of aromatic nitrogens is 4. The summed E-state index contributed by atoms with van der Waals surface area (Å²) >= 11 is 0. The Hall–Kier alpha value is -2.63. The number of hydrogen-bond acceptors (Lipinski definition) is 5. The molecule has 1 aliphatic heterocycles. The SMILES string of the molecule is Nc1cc(N2CCC[C@H](Cc3nc4ccccc4[nH]3)C2)ncn1. The number of nitrogens with zero attached hydrogens (tertiary/aromatic N) is 4. The van der Waals surface area contributed by atoms with E-state index in [0.717, 1.165) is 48.6 Å². The van der Waals surface area contributed by atoms with E-state index in [1.165, 1.54) is 12.7 Å². The van der Waals surface area contributed by atoms with Crippen molar-refractivity contribution < 1.29 is 0 Å². The number of anilines is 2. The van der Waals surface area contributed by atoms with Crippen molar-refractivity contribution >= 4 is 22.7 Å². The lowest BCUT2D eigenvalue weighted by molar-refractivity contribution is 0.406. The second-order valence-corrected chi connectivity index (χ2v) is 6.16. The van der Waals surface area contributed by atoms with Gasteiger partial charge in [0, 0.05) is 25.6 Å². The lowest BCUT2D eigenvalue weighted by Gasteiger charge is -2.33. The first-order chi connectivity index (χ1) is 11.3. The number of para-hydroxylation sites is 2. The van der Waals surface area contributed by atoms with Gasteiger partial charge in [-0.1, -0.05) is 12.1 Å². The number of hydrogen-bond donors (Lipinski definition) is 2. The van der Waals surface area contributed by atoms with Crippen LogP contribution in [0.2, 0.25) is 0 Å². The average molecular weight is 308 g/mol. The Morgan fingerprint density at radius 1 is 1.26 bits per heavy atom. The van der Waals surface area contributed by atoms with Crippen molar-refractivity contribution in [1.82, 2.24) is 19.9 Å². The van der Waals surface area contributed by atoms with Gasteiger partial charge >= 0.3 is 0 Å². The van der Waals surface area contributed by atoms with Crippen LogP contribution in [0.3, 0.4) is 0 Å². The monoisotopic (exact) mass is 308 g/mol. The maximum absolute atomic E-state index is 5.77. The normalized spacial score (nSPS) is 18.4. The lowest BCUT2D eigenvalue weighted by atomic mass is 9.94. The van der Waals surface area contributed by atoms with E-state index in [-0.39, 0.29) is 0 Å². The van der Waals surface area contributed by atoms with E-state index < -0.39 is 0 Å². The molecule has 0 aliphatic carbocycles. The number of aromatic amines is 1. The summed E-state index contributed by atoms with van der Waals surface area (Å²) < 4.78 is 0. The van der Waals surface area contributed by atoms with Crippen LogP contribution in [0.25, 0.3) is 11.0 Å².